The van der Waals surface area contributed by atoms with E-state index >= 15 is 0 Å². The van der Waals surface area contributed by atoms with E-state index < -0.39 is 15.8 Å². The molecule has 0 heterocycles. The van der Waals surface area contributed by atoms with E-state index in [0.717, 1.165) is 0 Å². The smallest absolute Gasteiger partial charge is 0.265 e. The highest BCUT2D eigenvalue weighted by Crippen LogP contribution is 2.33. The summed E-state index contributed by atoms with van der Waals surface area (Å²) in [6.45, 7) is 1.61. The van der Waals surface area contributed by atoms with Gasteiger partial charge in [0.15, 0.2) is 0 Å². The summed E-state index contributed by atoms with van der Waals surface area (Å²) in [7, 11) is -3.89. The SMILES string of the molecule is Cc1cc(F)ccc1NS(=O)(=O)c1c(N)cc(Br)cc1Br. The molecule has 0 aliphatic rings. The van der Waals surface area contributed by atoms with Crippen molar-refractivity contribution in [1.29, 1.82) is 0 Å². The zero-order valence-electron chi connectivity index (χ0n) is 10.8. The van der Waals surface area contributed by atoms with Crippen LogP contribution in [0.3, 0.4) is 0 Å². The Morgan fingerprint density at radius 1 is 1.19 bits per heavy atom. The van der Waals surface area contributed by atoms with Gasteiger partial charge in [-0.05, 0) is 58.7 Å². The van der Waals surface area contributed by atoms with Gasteiger partial charge in [-0.3, -0.25) is 4.72 Å². The third-order valence-corrected chi connectivity index (χ3v) is 5.57. The van der Waals surface area contributed by atoms with Crippen LogP contribution in [0.4, 0.5) is 15.8 Å². The van der Waals surface area contributed by atoms with E-state index in [1.807, 2.05) is 0 Å². The molecule has 0 unspecified atom stereocenters. The predicted molar refractivity (Wildman–Crippen MR) is 88.2 cm³/mol. The van der Waals surface area contributed by atoms with Crippen LogP contribution < -0.4 is 10.5 Å². The highest BCUT2D eigenvalue weighted by Gasteiger charge is 2.22. The van der Waals surface area contributed by atoms with E-state index in [1.54, 1.807) is 13.0 Å². The average molecular weight is 438 g/mol. The fourth-order valence-corrected chi connectivity index (χ4v) is 5.00. The average Bonchev–Trinajstić information content (AvgIpc) is 2.30. The van der Waals surface area contributed by atoms with Gasteiger partial charge in [-0.25, -0.2) is 12.8 Å². The first-order valence-corrected chi connectivity index (χ1v) is 8.81. The molecular weight excluding hydrogens is 427 g/mol. The van der Waals surface area contributed by atoms with Crippen molar-refractivity contribution in [1.82, 2.24) is 0 Å². The first kappa shape index (κ1) is 16.3. The van der Waals surface area contributed by atoms with Crippen LogP contribution in [0.1, 0.15) is 5.56 Å². The summed E-state index contributed by atoms with van der Waals surface area (Å²) in [6.07, 6.45) is 0. The van der Waals surface area contributed by atoms with Gasteiger partial charge in [0.25, 0.3) is 10.0 Å². The van der Waals surface area contributed by atoms with Crippen LogP contribution in [0.15, 0.2) is 44.2 Å². The second kappa shape index (κ2) is 5.94. The molecule has 2 rings (SSSR count). The highest BCUT2D eigenvalue weighted by atomic mass is 79.9. The molecule has 21 heavy (non-hydrogen) atoms. The molecule has 8 heteroatoms. The molecule has 0 aliphatic heterocycles. The van der Waals surface area contributed by atoms with E-state index in [4.69, 9.17) is 5.73 Å². The van der Waals surface area contributed by atoms with Gasteiger partial charge >= 0.3 is 0 Å². The number of sulfonamides is 1. The molecule has 0 saturated heterocycles. The molecule has 0 saturated carbocycles. The molecule has 0 radical (unpaired) electrons. The largest absolute Gasteiger partial charge is 0.398 e. The standard InChI is InChI=1S/C13H11Br2FN2O2S/c1-7-4-9(16)2-3-12(7)18-21(19,20)13-10(15)5-8(14)6-11(13)17/h2-6,18H,17H2,1H3. The summed E-state index contributed by atoms with van der Waals surface area (Å²) in [5.41, 5.74) is 6.66. The summed E-state index contributed by atoms with van der Waals surface area (Å²) in [6, 6.07) is 6.88. The van der Waals surface area contributed by atoms with Crippen molar-refractivity contribution in [2.75, 3.05) is 10.5 Å². The molecule has 112 valence electrons. The Morgan fingerprint density at radius 2 is 1.86 bits per heavy atom. The Labute approximate surface area is 138 Å². The molecular formula is C13H11Br2FN2O2S. The number of rotatable bonds is 3. The minimum absolute atomic E-state index is 0.0607. The van der Waals surface area contributed by atoms with Gasteiger partial charge in [-0.2, -0.15) is 0 Å². The third kappa shape index (κ3) is 3.56. The Kier molecular flexibility index (Phi) is 4.60. The van der Waals surface area contributed by atoms with Crippen molar-refractivity contribution < 1.29 is 12.8 Å². The van der Waals surface area contributed by atoms with Gasteiger partial charge in [0.2, 0.25) is 0 Å². The van der Waals surface area contributed by atoms with Crippen molar-refractivity contribution in [3.8, 4) is 0 Å². The fourth-order valence-electron chi connectivity index (χ4n) is 1.80. The van der Waals surface area contributed by atoms with Gasteiger partial charge in [-0.15, -0.1) is 0 Å². The van der Waals surface area contributed by atoms with E-state index in [0.29, 0.717) is 20.2 Å². The first-order valence-electron chi connectivity index (χ1n) is 5.74. The maximum Gasteiger partial charge on any atom is 0.265 e. The molecule has 3 N–H and O–H groups in total. The number of hydrogen-bond donors (Lipinski definition) is 2. The number of anilines is 2. The molecule has 4 nitrogen and oxygen atoms in total. The third-order valence-electron chi connectivity index (χ3n) is 2.74. The molecule has 0 bridgehead atoms. The van der Waals surface area contributed by atoms with Crippen molar-refractivity contribution in [3.05, 3.63) is 50.7 Å². The molecule has 0 amide bonds. The number of nitrogens with one attached hydrogen (secondary N) is 1. The number of aryl methyl sites for hydroxylation is 1. The normalized spacial score (nSPS) is 11.4. The lowest BCUT2D eigenvalue weighted by Crippen LogP contribution is -2.16. The Morgan fingerprint density at radius 3 is 2.43 bits per heavy atom. The van der Waals surface area contributed by atoms with E-state index in [9.17, 15) is 12.8 Å². The Bertz CT molecular complexity index is 787. The van der Waals surface area contributed by atoms with Crippen LogP contribution in [0.5, 0.6) is 0 Å². The topological polar surface area (TPSA) is 72.2 Å². The Hall–Kier alpha value is -1.12. The van der Waals surface area contributed by atoms with E-state index in [2.05, 4.69) is 36.6 Å². The second-order valence-electron chi connectivity index (χ2n) is 4.37. The van der Waals surface area contributed by atoms with Gasteiger partial charge < -0.3 is 5.73 Å². The zero-order chi connectivity index (χ0) is 15.8. The van der Waals surface area contributed by atoms with Crippen molar-refractivity contribution >= 4 is 53.3 Å². The van der Waals surface area contributed by atoms with Gasteiger partial charge in [0, 0.05) is 8.95 Å². The van der Waals surface area contributed by atoms with Crippen LogP contribution in [0.25, 0.3) is 0 Å². The molecule has 0 aromatic heterocycles. The molecule has 0 aliphatic carbocycles. The first-order chi connectivity index (χ1) is 9.70. The Balaban J connectivity index is 2.48. The maximum absolute atomic E-state index is 13.1. The minimum atomic E-state index is -3.89. The van der Waals surface area contributed by atoms with Gasteiger partial charge in [0.1, 0.15) is 10.7 Å². The zero-order valence-corrected chi connectivity index (χ0v) is 14.8. The number of nitrogens with two attached hydrogens (primary N) is 1. The van der Waals surface area contributed by atoms with Crippen LogP contribution in [0, 0.1) is 12.7 Å². The lowest BCUT2D eigenvalue weighted by molar-refractivity contribution is 0.601. The lowest BCUT2D eigenvalue weighted by Gasteiger charge is -2.14. The molecule has 2 aromatic rings. The van der Waals surface area contributed by atoms with Crippen molar-refractivity contribution in [2.45, 2.75) is 11.8 Å². The number of benzene rings is 2. The predicted octanol–water partition coefficient (Wildman–Crippen LogP) is 4.04. The van der Waals surface area contributed by atoms with Crippen molar-refractivity contribution in [2.24, 2.45) is 0 Å². The summed E-state index contributed by atoms with van der Waals surface area (Å²) in [5, 5.41) is 0. The van der Waals surface area contributed by atoms with Crippen molar-refractivity contribution in [3.63, 3.8) is 0 Å². The maximum atomic E-state index is 13.1. The second-order valence-corrected chi connectivity index (χ2v) is 7.76. The minimum Gasteiger partial charge on any atom is -0.398 e. The molecule has 0 spiro atoms. The lowest BCUT2D eigenvalue weighted by atomic mass is 10.2. The van der Waals surface area contributed by atoms with Crippen LogP contribution in [0.2, 0.25) is 0 Å². The number of hydrogen-bond acceptors (Lipinski definition) is 3. The fraction of sp³-hybridized carbons (Fsp3) is 0.0769. The van der Waals surface area contributed by atoms with Gasteiger partial charge in [-0.1, -0.05) is 15.9 Å². The summed E-state index contributed by atoms with van der Waals surface area (Å²) < 4.78 is 41.4. The van der Waals surface area contributed by atoms with E-state index in [-0.39, 0.29) is 10.6 Å². The number of nitrogen functional groups attached to an aromatic ring is 1. The quantitative estimate of drug-likeness (QED) is 0.711. The summed E-state index contributed by atoms with van der Waals surface area (Å²) in [4.78, 5) is -0.0607. The number of halogens is 3. The highest BCUT2D eigenvalue weighted by molar-refractivity contribution is 9.11. The molecule has 2 aromatic carbocycles. The van der Waals surface area contributed by atoms with E-state index in [1.165, 1.54) is 24.3 Å². The monoisotopic (exact) mass is 436 g/mol. The van der Waals surface area contributed by atoms with Crippen LogP contribution in [-0.4, -0.2) is 8.42 Å². The summed E-state index contributed by atoms with van der Waals surface area (Å²) in [5.74, 6) is -0.431. The van der Waals surface area contributed by atoms with Crippen LogP contribution in [-0.2, 0) is 10.0 Å². The summed E-state index contributed by atoms with van der Waals surface area (Å²) >= 11 is 6.42. The molecule has 0 atom stereocenters. The van der Waals surface area contributed by atoms with Gasteiger partial charge in [0.05, 0.1) is 11.4 Å². The van der Waals surface area contributed by atoms with Crippen LogP contribution >= 0.6 is 31.9 Å². The molecule has 0 fully saturated rings.